The molecule has 2 heterocycles. The van der Waals surface area contributed by atoms with Crippen molar-refractivity contribution in [3.8, 4) is 0 Å². The van der Waals surface area contributed by atoms with E-state index in [1.54, 1.807) is 6.20 Å². The average Bonchev–Trinajstić information content (AvgIpc) is 3.31. The lowest BCUT2D eigenvalue weighted by atomic mass is 10.1. The lowest BCUT2D eigenvalue weighted by Gasteiger charge is -2.35. The summed E-state index contributed by atoms with van der Waals surface area (Å²) in [6.45, 7) is 4.04. The van der Waals surface area contributed by atoms with Gasteiger partial charge in [0.25, 0.3) is 0 Å². The number of halogens is 1. The Balaban J connectivity index is 0.00000161. The van der Waals surface area contributed by atoms with Gasteiger partial charge in [0.2, 0.25) is 5.91 Å². The number of carbonyl (C=O) groups is 1. The molecule has 0 spiro atoms. The summed E-state index contributed by atoms with van der Waals surface area (Å²) >= 11 is 0. The maximum Gasteiger partial charge on any atom is 0.234 e. The molecule has 1 aliphatic carbocycles. The third kappa shape index (κ3) is 4.66. The highest BCUT2D eigenvalue weighted by molar-refractivity contribution is 5.85. The van der Waals surface area contributed by atoms with Crippen LogP contribution in [0, 0.1) is 5.92 Å². The van der Waals surface area contributed by atoms with Crippen LogP contribution in [-0.4, -0.2) is 48.5 Å². The van der Waals surface area contributed by atoms with Crippen molar-refractivity contribution >= 4 is 18.3 Å². The van der Waals surface area contributed by atoms with Gasteiger partial charge in [0.15, 0.2) is 0 Å². The fourth-order valence-electron chi connectivity index (χ4n) is 2.66. The number of carbonyl (C=O) groups excluding carboxylic acids is 1. The van der Waals surface area contributed by atoms with Crippen LogP contribution in [0.3, 0.4) is 0 Å². The molecule has 0 radical (unpaired) electrons. The van der Waals surface area contributed by atoms with Gasteiger partial charge in [-0.05, 0) is 30.4 Å². The maximum absolute atomic E-state index is 12.0. The first-order valence-electron chi connectivity index (χ1n) is 7.44. The van der Waals surface area contributed by atoms with E-state index in [9.17, 15) is 4.79 Å². The van der Waals surface area contributed by atoms with Gasteiger partial charge in [0.05, 0.1) is 6.54 Å². The van der Waals surface area contributed by atoms with Crippen LogP contribution in [0.2, 0.25) is 0 Å². The highest BCUT2D eigenvalue weighted by atomic mass is 35.5. The first kappa shape index (κ1) is 16.2. The third-order valence-electron chi connectivity index (χ3n) is 4.05. The van der Waals surface area contributed by atoms with Crippen molar-refractivity contribution < 1.29 is 4.79 Å². The average molecular weight is 311 g/mol. The second-order valence-corrected chi connectivity index (χ2v) is 5.72. The minimum atomic E-state index is 0. The molecule has 1 saturated heterocycles. The standard InChI is InChI=1S/C15H22N4O.ClH/c20-15(18-8-12-3-4-12)11-19-7-6-17-10-14(19)13-2-1-5-16-9-13;/h1-2,5,9,12,14,17H,3-4,6-8,10-11H2,(H,18,20);1H. The van der Waals surface area contributed by atoms with Gasteiger partial charge in [-0.1, -0.05) is 6.07 Å². The Morgan fingerprint density at radius 1 is 1.48 bits per heavy atom. The van der Waals surface area contributed by atoms with Gasteiger partial charge in [-0.25, -0.2) is 0 Å². The highest BCUT2D eigenvalue weighted by Gasteiger charge is 2.26. The molecule has 1 aromatic heterocycles. The van der Waals surface area contributed by atoms with Gasteiger partial charge in [-0.3, -0.25) is 14.7 Å². The number of hydrogen-bond acceptors (Lipinski definition) is 4. The molecule has 21 heavy (non-hydrogen) atoms. The number of amides is 1. The van der Waals surface area contributed by atoms with Gasteiger partial charge in [-0.15, -0.1) is 12.4 Å². The molecule has 3 rings (SSSR count). The minimum Gasteiger partial charge on any atom is -0.355 e. The normalized spacial score (nSPS) is 22.4. The monoisotopic (exact) mass is 310 g/mol. The van der Waals surface area contributed by atoms with Crippen LogP contribution in [-0.2, 0) is 4.79 Å². The van der Waals surface area contributed by atoms with E-state index in [0.29, 0.717) is 6.54 Å². The number of rotatable bonds is 5. The Morgan fingerprint density at radius 3 is 3.05 bits per heavy atom. The van der Waals surface area contributed by atoms with Crippen molar-refractivity contribution in [1.82, 2.24) is 20.5 Å². The van der Waals surface area contributed by atoms with Gasteiger partial charge in [0.1, 0.15) is 0 Å². The summed E-state index contributed by atoms with van der Waals surface area (Å²) in [7, 11) is 0. The molecule has 1 aliphatic heterocycles. The number of hydrogen-bond donors (Lipinski definition) is 2. The van der Waals surface area contributed by atoms with Crippen LogP contribution in [0.1, 0.15) is 24.4 Å². The smallest absolute Gasteiger partial charge is 0.234 e. The number of aromatic nitrogens is 1. The largest absolute Gasteiger partial charge is 0.355 e. The zero-order chi connectivity index (χ0) is 13.8. The molecule has 1 saturated carbocycles. The number of nitrogens with one attached hydrogen (secondary N) is 2. The van der Waals surface area contributed by atoms with Crippen LogP contribution in [0.4, 0.5) is 0 Å². The molecule has 1 amide bonds. The van der Waals surface area contributed by atoms with Crippen molar-refractivity contribution in [2.24, 2.45) is 5.92 Å². The Bertz CT molecular complexity index is 452. The van der Waals surface area contributed by atoms with Crippen LogP contribution in [0.5, 0.6) is 0 Å². The predicted molar refractivity (Wildman–Crippen MR) is 84.4 cm³/mol. The van der Waals surface area contributed by atoms with E-state index in [1.807, 2.05) is 12.3 Å². The van der Waals surface area contributed by atoms with Gasteiger partial charge in [0, 0.05) is 44.6 Å². The number of piperazine rings is 1. The Morgan fingerprint density at radius 2 is 2.33 bits per heavy atom. The van der Waals surface area contributed by atoms with E-state index in [1.165, 1.54) is 18.4 Å². The molecule has 6 heteroatoms. The van der Waals surface area contributed by atoms with Gasteiger partial charge < -0.3 is 10.6 Å². The quantitative estimate of drug-likeness (QED) is 0.851. The van der Waals surface area contributed by atoms with E-state index >= 15 is 0 Å². The predicted octanol–water partition coefficient (Wildman–Crippen LogP) is 0.976. The first-order chi connectivity index (χ1) is 9.83. The SMILES string of the molecule is Cl.O=C(CN1CCNCC1c1cccnc1)NCC1CC1. The summed E-state index contributed by atoms with van der Waals surface area (Å²) in [5.74, 6) is 0.879. The molecular weight excluding hydrogens is 288 g/mol. The molecule has 5 nitrogen and oxygen atoms in total. The molecule has 1 unspecified atom stereocenters. The molecule has 2 N–H and O–H groups in total. The molecule has 0 bridgehead atoms. The second-order valence-electron chi connectivity index (χ2n) is 5.72. The molecule has 116 valence electrons. The Kier molecular flexibility index (Phi) is 5.96. The molecule has 1 aromatic rings. The second kappa shape index (κ2) is 7.73. The Labute approximate surface area is 131 Å². The maximum atomic E-state index is 12.0. The summed E-state index contributed by atoms with van der Waals surface area (Å²) < 4.78 is 0. The topological polar surface area (TPSA) is 57.3 Å². The van der Waals surface area contributed by atoms with Crippen LogP contribution >= 0.6 is 12.4 Å². The third-order valence-corrected chi connectivity index (χ3v) is 4.05. The van der Waals surface area contributed by atoms with Crippen molar-refractivity contribution in [3.63, 3.8) is 0 Å². The van der Waals surface area contributed by atoms with Crippen LogP contribution < -0.4 is 10.6 Å². The van der Waals surface area contributed by atoms with Gasteiger partial charge >= 0.3 is 0 Å². The van der Waals surface area contributed by atoms with E-state index in [2.05, 4.69) is 26.6 Å². The molecule has 0 aromatic carbocycles. The first-order valence-corrected chi connectivity index (χ1v) is 7.44. The summed E-state index contributed by atoms with van der Waals surface area (Å²) in [5.41, 5.74) is 1.18. The number of pyridine rings is 1. The van der Waals surface area contributed by atoms with Crippen molar-refractivity contribution in [3.05, 3.63) is 30.1 Å². The van der Waals surface area contributed by atoms with E-state index < -0.39 is 0 Å². The zero-order valence-electron chi connectivity index (χ0n) is 12.1. The highest BCUT2D eigenvalue weighted by Crippen LogP contribution is 2.27. The zero-order valence-corrected chi connectivity index (χ0v) is 12.9. The summed E-state index contributed by atoms with van der Waals surface area (Å²) in [6.07, 6.45) is 6.22. The fourth-order valence-corrected chi connectivity index (χ4v) is 2.66. The Hall–Kier alpha value is -1.17. The van der Waals surface area contributed by atoms with Crippen LogP contribution in [0.25, 0.3) is 0 Å². The fraction of sp³-hybridized carbons (Fsp3) is 0.600. The number of nitrogens with zero attached hydrogens (tertiary/aromatic N) is 2. The molecule has 1 atom stereocenters. The van der Waals surface area contributed by atoms with Crippen LogP contribution in [0.15, 0.2) is 24.5 Å². The summed E-state index contributed by atoms with van der Waals surface area (Å²) in [4.78, 5) is 18.5. The molecule has 2 aliphatic rings. The minimum absolute atomic E-state index is 0. The van der Waals surface area contributed by atoms with Crippen molar-refractivity contribution in [2.45, 2.75) is 18.9 Å². The van der Waals surface area contributed by atoms with E-state index in [-0.39, 0.29) is 24.4 Å². The molecular formula is C15H23ClN4O. The summed E-state index contributed by atoms with van der Waals surface area (Å²) in [5, 5.41) is 6.44. The van der Waals surface area contributed by atoms with Crippen molar-refractivity contribution in [1.29, 1.82) is 0 Å². The van der Waals surface area contributed by atoms with Crippen molar-refractivity contribution in [2.75, 3.05) is 32.7 Å². The van der Waals surface area contributed by atoms with E-state index in [0.717, 1.165) is 32.1 Å². The summed E-state index contributed by atoms with van der Waals surface area (Å²) in [6, 6.07) is 4.28. The lowest BCUT2D eigenvalue weighted by Crippen LogP contribution is -2.49. The molecule has 2 fully saturated rings. The lowest BCUT2D eigenvalue weighted by molar-refractivity contribution is -0.123. The van der Waals surface area contributed by atoms with E-state index in [4.69, 9.17) is 0 Å². The van der Waals surface area contributed by atoms with Gasteiger partial charge in [-0.2, -0.15) is 0 Å².